The van der Waals surface area contributed by atoms with E-state index in [0.29, 0.717) is 24.7 Å². The molecule has 0 amide bonds. The second kappa shape index (κ2) is 8.04. The second-order valence-electron chi connectivity index (χ2n) is 7.35. The maximum Gasteiger partial charge on any atom is 0.153 e. The lowest BCUT2D eigenvalue weighted by Crippen LogP contribution is -2.04. The van der Waals surface area contributed by atoms with Gasteiger partial charge in [0.05, 0.1) is 37.6 Å². The number of anilines is 2. The van der Waals surface area contributed by atoms with E-state index in [0.717, 1.165) is 27.6 Å². The molecule has 31 heavy (non-hydrogen) atoms. The van der Waals surface area contributed by atoms with Gasteiger partial charge >= 0.3 is 0 Å². The number of aromatic nitrogens is 7. The Labute approximate surface area is 178 Å². The molecule has 0 fully saturated rings. The molecule has 0 atom stereocenters. The summed E-state index contributed by atoms with van der Waals surface area (Å²) < 4.78 is 5.45. The van der Waals surface area contributed by atoms with Crippen LogP contribution in [0.15, 0.2) is 67.4 Å². The Kier molecular flexibility index (Phi) is 4.93. The number of pyridine rings is 1. The molecule has 2 N–H and O–H groups in total. The van der Waals surface area contributed by atoms with Crippen LogP contribution in [-0.4, -0.2) is 46.0 Å². The lowest BCUT2D eigenvalue weighted by Gasteiger charge is -2.07. The first-order valence-electron chi connectivity index (χ1n) is 9.99. The van der Waals surface area contributed by atoms with Crippen LogP contribution < -0.4 is 5.32 Å². The average molecular weight is 414 g/mol. The van der Waals surface area contributed by atoms with E-state index in [-0.39, 0.29) is 6.61 Å². The Balaban J connectivity index is 1.39. The molecule has 0 spiro atoms. The van der Waals surface area contributed by atoms with Crippen molar-refractivity contribution in [2.24, 2.45) is 7.05 Å². The van der Waals surface area contributed by atoms with Crippen molar-refractivity contribution in [3.8, 4) is 11.1 Å². The van der Waals surface area contributed by atoms with Gasteiger partial charge in [-0.15, -0.1) is 0 Å². The van der Waals surface area contributed by atoms with Crippen molar-refractivity contribution in [1.29, 1.82) is 0 Å². The third-order valence-corrected chi connectivity index (χ3v) is 5.05. The van der Waals surface area contributed by atoms with Gasteiger partial charge in [0.15, 0.2) is 5.82 Å². The van der Waals surface area contributed by atoms with Gasteiger partial charge in [-0.25, -0.2) is 4.98 Å². The van der Waals surface area contributed by atoms with Gasteiger partial charge in [-0.2, -0.15) is 15.3 Å². The Hall–Kier alpha value is -3.98. The van der Waals surface area contributed by atoms with Gasteiger partial charge in [-0.05, 0) is 17.2 Å². The first-order chi connectivity index (χ1) is 15.2. The Morgan fingerprint density at radius 3 is 2.77 bits per heavy atom. The summed E-state index contributed by atoms with van der Waals surface area (Å²) in [6.07, 6.45) is 9.32. The quantitative estimate of drug-likeness (QED) is 0.425. The SMILES string of the molecule is Cn1cc(-c2cccc(Cn3ncc4cnc(Nc5ccn(CCO)n5)cc43)c2)cn1. The number of aryl methyl sites for hydroxylation is 1. The largest absolute Gasteiger partial charge is 0.394 e. The molecule has 156 valence electrons. The summed E-state index contributed by atoms with van der Waals surface area (Å²) in [6.45, 7) is 1.15. The highest BCUT2D eigenvalue weighted by atomic mass is 16.3. The highest BCUT2D eigenvalue weighted by Crippen LogP contribution is 2.23. The molecule has 5 aromatic rings. The van der Waals surface area contributed by atoms with Crippen molar-refractivity contribution < 1.29 is 5.11 Å². The molecular formula is C22H22N8O. The summed E-state index contributed by atoms with van der Waals surface area (Å²) in [4.78, 5) is 4.46. The average Bonchev–Trinajstić information content (AvgIpc) is 3.50. The Bertz CT molecular complexity index is 1330. The van der Waals surface area contributed by atoms with Gasteiger partial charge in [0.1, 0.15) is 5.82 Å². The summed E-state index contributed by atoms with van der Waals surface area (Å²) in [6, 6.07) is 12.2. The third kappa shape index (κ3) is 4.03. The topological polar surface area (TPSA) is 98.6 Å². The summed E-state index contributed by atoms with van der Waals surface area (Å²) in [5.74, 6) is 1.36. The number of aliphatic hydroxyl groups is 1. The van der Waals surface area contributed by atoms with Crippen LogP contribution in [0.5, 0.6) is 0 Å². The second-order valence-corrected chi connectivity index (χ2v) is 7.35. The molecule has 1 aromatic carbocycles. The molecule has 0 aliphatic heterocycles. The Morgan fingerprint density at radius 2 is 1.94 bits per heavy atom. The number of benzene rings is 1. The summed E-state index contributed by atoms with van der Waals surface area (Å²) in [5, 5.41) is 26.4. The summed E-state index contributed by atoms with van der Waals surface area (Å²) in [7, 11) is 1.92. The van der Waals surface area contributed by atoms with Gasteiger partial charge in [-0.3, -0.25) is 14.0 Å². The monoisotopic (exact) mass is 414 g/mol. The van der Waals surface area contributed by atoms with Crippen molar-refractivity contribution in [3.63, 3.8) is 0 Å². The van der Waals surface area contributed by atoms with E-state index in [4.69, 9.17) is 5.11 Å². The van der Waals surface area contributed by atoms with Crippen molar-refractivity contribution >= 4 is 22.5 Å². The van der Waals surface area contributed by atoms with E-state index in [2.05, 4.69) is 49.9 Å². The molecule has 0 aliphatic rings. The molecule has 0 aliphatic carbocycles. The molecule has 5 rings (SSSR count). The molecule has 4 heterocycles. The van der Waals surface area contributed by atoms with Crippen LogP contribution in [-0.2, 0) is 20.1 Å². The van der Waals surface area contributed by atoms with E-state index < -0.39 is 0 Å². The fourth-order valence-corrected chi connectivity index (χ4v) is 3.55. The van der Waals surface area contributed by atoms with Gasteiger partial charge in [-0.1, -0.05) is 18.2 Å². The number of nitrogens with zero attached hydrogens (tertiary/aromatic N) is 7. The van der Waals surface area contributed by atoms with Crippen molar-refractivity contribution in [2.75, 3.05) is 11.9 Å². The first kappa shape index (κ1) is 19.0. The van der Waals surface area contributed by atoms with Gasteiger partial charge in [0, 0.05) is 48.7 Å². The number of hydrogen-bond donors (Lipinski definition) is 2. The lowest BCUT2D eigenvalue weighted by molar-refractivity contribution is 0.269. The third-order valence-electron chi connectivity index (χ3n) is 5.05. The predicted molar refractivity (Wildman–Crippen MR) is 118 cm³/mol. The van der Waals surface area contributed by atoms with Crippen molar-refractivity contribution in [2.45, 2.75) is 13.1 Å². The summed E-state index contributed by atoms with van der Waals surface area (Å²) >= 11 is 0. The molecular weight excluding hydrogens is 392 g/mol. The first-order valence-corrected chi connectivity index (χ1v) is 9.99. The number of nitrogens with one attached hydrogen (secondary N) is 1. The van der Waals surface area contributed by atoms with E-state index in [1.165, 1.54) is 0 Å². The molecule has 0 unspecified atom stereocenters. The van der Waals surface area contributed by atoms with Crippen LogP contribution >= 0.6 is 0 Å². The molecule has 0 bridgehead atoms. The van der Waals surface area contributed by atoms with Crippen LogP contribution in [0.3, 0.4) is 0 Å². The number of rotatable bonds is 7. The van der Waals surface area contributed by atoms with Crippen LogP contribution in [0.25, 0.3) is 22.0 Å². The number of fused-ring (bicyclic) bond motifs is 1. The minimum Gasteiger partial charge on any atom is -0.394 e. The maximum absolute atomic E-state index is 9.04. The Morgan fingerprint density at radius 1 is 1.00 bits per heavy atom. The van der Waals surface area contributed by atoms with Gasteiger partial charge < -0.3 is 10.4 Å². The van der Waals surface area contributed by atoms with E-state index in [1.54, 1.807) is 15.6 Å². The lowest BCUT2D eigenvalue weighted by atomic mass is 10.1. The molecule has 0 saturated carbocycles. The van der Waals surface area contributed by atoms with Gasteiger partial charge in [0.25, 0.3) is 0 Å². The predicted octanol–water partition coefficient (Wildman–Crippen LogP) is 2.81. The van der Waals surface area contributed by atoms with Crippen molar-refractivity contribution in [3.05, 3.63) is 72.9 Å². The zero-order valence-corrected chi connectivity index (χ0v) is 17.0. The highest BCUT2D eigenvalue weighted by Gasteiger charge is 2.09. The van der Waals surface area contributed by atoms with Crippen LogP contribution in [0.2, 0.25) is 0 Å². The fraction of sp³-hybridized carbons (Fsp3) is 0.182. The minimum atomic E-state index is 0.0481. The van der Waals surface area contributed by atoms with Gasteiger partial charge in [0.2, 0.25) is 0 Å². The smallest absolute Gasteiger partial charge is 0.153 e. The minimum absolute atomic E-state index is 0.0481. The standard InChI is InChI=1S/C22H22N8O/c1-28-15-19(13-24-28)17-4-2-3-16(9-17)14-30-20-10-22(23-11-18(20)12-25-30)26-21-5-6-29(27-21)7-8-31/h2-6,9-13,15,31H,7-8,14H2,1H3,(H,23,26,27). The van der Waals surface area contributed by atoms with Crippen LogP contribution in [0, 0.1) is 0 Å². The zero-order valence-electron chi connectivity index (χ0n) is 17.0. The molecule has 9 heteroatoms. The number of aliphatic hydroxyl groups excluding tert-OH is 1. The number of hydrogen-bond acceptors (Lipinski definition) is 6. The van der Waals surface area contributed by atoms with Crippen LogP contribution in [0.4, 0.5) is 11.6 Å². The summed E-state index contributed by atoms with van der Waals surface area (Å²) in [5.41, 5.74) is 4.36. The maximum atomic E-state index is 9.04. The van der Waals surface area contributed by atoms with E-state index in [1.807, 2.05) is 48.6 Å². The van der Waals surface area contributed by atoms with E-state index in [9.17, 15) is 0 Å². The normalized spacial score (nSPS) is 11.3. The van der Waals surface area contributed by atoms with Crippen LogP contribution in [0.1, 0.15) is 5.56 Å². The fourth-order valence-electron chi connectivity index (χ4n) is 3.55. The molecule has 4 aromatic heterocycles. The van der Waals surface area contributed by atoms with Crippen molar-refractivity contribution in [1.82, 2.24) is 34.3 Å². The zero-order chi connectivity index (χ0) is 21.2. The van der Waals surface area contributed by atoms with E-state index >= 15 is 0 Å². The molecule has 0 saturated heterocycles. The molecule has 0 radical (unpaired) electrons. The molecule has 9 nitrogen and oxygen atoms in total. The highest BCUT2D eigenvalue weighted by molar-refractivity contribution is 5.81.